The maximum Gasteiger partial charge on any atom is 0.240 e. The fourth-order valence-electron chi connectivity index (χ4n) is 3.81. The first-order chi connectivity index (χ1) is 12.1. The predicted molar refractivity (Wildman–Crippen MR) is 99.1 cm³/mol. The zero-order valence-electron chi connectivity index (χ0n) is 14.7. The number of aromatic nitrogens is 3. The SMILES string of the molecule is C[C@H]1CN(C(=O)[C@@H]2C[C@@H](O)CN2)Cc2nnc(Cc3ccccc3)n21.Cl. The number of hydrogen-bond acceptors (Lipinski definition) is 5. The minimum Gasteiger partial charge on any atom is -0.392 e. The Hall–Kier alpha value is -1.96. The van der Waals surface area contributed by atoms with E-state index < -0.39 is 6.10 Å². The van der Waals surface area contributed by atoms with Crippen molar-refractivity contribution in [2.24, 2.45) is 0 Å². The van der Waals surface area contributed by atoms with E-state index in [1.165, 1.54) is 5.56 Å². The topological polar surface area (TPSA) is 83.3 Å². The molecule has 2 aromatic rings. The van der Waals surface area contributed by atoms with Gasteiger partial charge >= 0.3 is 0 Å². The summed E-state index contributed by atoms with van der Waals surface area (Å²) in [4.78, 5) is 14.5. The zero-order valence-corrected chi connectivity index (χ0v) is 15.5. The van der Waals surface area contributed by atoms with Crippen LogP contribution in [0.5, 0.6) is 0 Å². The first-order valence-electron chi connectivity index (χ1n) is 8.78. The molecule has 3 heterocycles. The van der Waals surface area contributed by atoms with E-state index in [4.69, 9.17) is 0 Å². The summed E-state index contributed by atoms with van der Waals surface area (Å²) >= 11 is 0. The van der Waals surface area contributed by atoms with E-state index in [9.17, 15) is 9.90 Å². The number of aliphatic hydroxyl groups is 1. The van der Waals surface area contributed by atoms with Gasteiger partial charge in [-0.2, -0.15) is 0 Å². The molecule has 2 aliphatic rings. The molecule has 7 nitrogen and oxygen atoms in total. The van der Waals surface area contributed by atoms with Gasteiger partial charge in [0.2, 0.25) is 5.91 Å². The standard InChI is InChI=1S/C18H23N5O2.ClH/c1-12-10-22(18(25)15-8-14(24)9-19-15)11-17-21-20-16(23(12)17)7-13-5-3-2-4-6-13;/h2-6,12,14-15,19,24H,7-11H2,1H3;1H/t12-,14+,15-;/m0./s1. The third-order valence-corrected chi connectivity index (χ3v) is 5.02. The van der Waals surface area contributed by atoms with Crippen LogP contribution in [-0.2, 0) is 17.8 Å². The predicted octanol–water partition coefficient (Wildman–Crippen LogP) is 0.917. The lowest BCUT2D eigenvalue weighted by atomic mass is 10.1. The molecule has 26 heavy (non-hydrogen) atoms. The molecule has 1 fully saturated rings. The summed E-state index contributed by atoms with van der Waals surface area (Å²) in [7, 11) is 0. The lowest BCUT2D eigenvalue weighted by Gasteiger charge is -2.34. The van der Waals surface area contributed by atoms with Crippen molar-refractivity contribution in [1.29, 1.82) is 0 Å². The van der Waals surface area contributed by atoms with Crippen molar-refractivity contribution < 1.29 is 9.90 Å². The molecule has 1 amide bonds. The van der Waals surface area contributed by atoms with Crippen molar-refractivity contribution in [2.45, 2.75) is 44.5 Å². The quantitative estimate of drug-likeness (QED) is 0.831. The molecular weight excluding hydrogens is 354 g/mol. The highest BCUT2D eigenvalue weighted by Gasteiger charge is 2.35. The highest BCUT2D eigenvalue weighted by Crippen LogP contribution is 2.24. The highest BCUT2D eigenvalue weighted by molar-refractivity contribution is 5.85. The Balaban J connectivity index is 0.00000196. The number of carbonyl (C=O) groups is 1. The van der Waals surface area contributed by atoms with Crippen molar-refractivity contribution in [3.8, 4) is 0 Å². The minimum absolute atomic E-state index is 0. The Morgan fingerprint density at radius 2 is 2.08 bits per heavy atom. The first-order valence-corrected chi connectivity index (χ1v) is 8.78. The van der Waals surface area contributed by atoms with Gasteiger partial charge in [0.05, 0.1) is 24.7 Å². The van der Waals surface area contributed by atoms with Crippen molar-refractivity contribution >= 4 is 18.3 Å². The van der Waals surface area contributed by atoms with Gasteiger partial charge in [0.25, 0.3) is 0 Å². The number of fused-ring (bicyclic) bond motifs is 1. The average molecular weight is 378 g/mol. The van der Waals surface area contributed by atoms with Gasteiger partial charge in [0.15, 0.2) is 5.82 Å². The summed E-state index contributed by atoms with van der Waals surface area (Å²) < 4.78 is 2.16. The molecule has 1 saturated heterocycles. The molecule has 1 aromatic heterocycles. The molecule has 8 heteroatoms. The molecule has 3 atom stereocenters. The average Bonchev–Trinajstić information content (AvgIpc) is 3.22. The summed E-state index contributed by atoms with van der Waals surface area (Å²) in [6.45, 7) is 3.69. The van der Waals surface area contributed by atoms with Crippen LogP contribution in [0, 0.1) is 0 Å². The third-order valence-electron chi connectivity index (χ3n) is 5.02. The van der Waals surface area contributed by atoms with Gasteiger partial charge in [-0.1, -0.05) is 30.3 Å². The third kappa shape index (κ3) is 3.60. The lowest BCUT2D eigenvalue weighted by Crippen LogP contribution is -2.48. The Morgan fingerprint density at radius 1 is 1.31 bits per heavy atom. The van der Waals surface area contributed by atoms with E-state index in [1.54, 1.807) is 0 Å². The summed E-state index contributed by atoms with van der Waals surface area (Å²) in [6, 6.07) is 10.1. The van der Waals surface area contributed by atoms with Gasteiger partial charge in [-0.25, -0.2) is 0 Å². The van der Waals surface area contributed by atoms with Crippen LogP contribution >= 0.6 is 12.4 Å². The van der Waals surface area contributed by atoms with E-state index in [0.29, 0.717) is 26.1 Å². The molecule has 2 N–H and O–H groups in total. The van der Waals surface area contributed by atoms with Gasteiger partial charge in [-0.05, 0) is 18.9 Å². The molecule has 0 radical (unpaired) electrons. The largest absolute Gasteiger partial charge is 0.392 e. The van der Waals surface area contributed by atoms with E-state index in [2.05, 4.69) is 39.1 Å². The summed E-state index contributed by atoms with van der Waals surface area (Å²) in [5.74, 6) is 1.81. The van der Waals surface area contributed by atoms with Crippen LogP contribution < -0.4 is 5.32 Å². The van der Waals surface area contributed by atoms with Crippen molar-refractivity contribution in [3.05, 3.63) is 47.5 Å². The number of aliphatic hydroxyl groups excluding tert-OH is 1. The second-order valence-electron chi connectivity index (χ2n) is 6.98. The monoisotopic (exact) mass is 377 g/mol. The lowest BCUT2D eigenvalue weighted by molar-refractivity contribution is -0.135. The number of nitrogens with one attached hydrogen (secondary N) is 1. The highest BCUT2D eigenvalue weighted by atomic mass is 35.5. The van der Waals surface area contributed by atoms with Crippen LogP contribution in [0.15, 0.2) is 30.3 Å². The molecule has 2 aliphatic heterocycles. The fraction of sp³-hybridized carbons (Fsp3) is 0.500. The smallest absolute Gasteiger partial charge is 0.240 e. The van der Waals surface area contributed by atoms with Gasteiger partial charge < -0.3 is 19.9 Å². The number of benzene rings is 1. The Bertz CT molecular complexity index is 766. The maximum absolute atomic E-state index is 12.7. The summed E-state index contributed by atoms with van der Waals surface area (Å²) in [5.41, 5.74) is 1.20. The summed E-state index contributed by atoms with van der Waals surface area (Å²) in [6.07, 6.45) is 0.787. The number of amides is 1. The number of carbonyl (C=O) groups excluding carboxylic acids is 1. The van der Waals surface area contributed by atoms with Crippen LogP contribution in [0.25, 0.3) is 0 Å². The van der Waals surface area contributed by atoms with Crippen molar-refractivity contribution in [3.63, 3.8) is 0 Å². The van der Waals surface area contributed by atoms with Gasteiger partial charge in [-0.15, -0.1) is 22.6 Å². The summed E-state index contributed by atoms with van der Waals surface area (Å²) in [5, 5.41) is 21.4. The van der Waals surface area contributed by atoms with Crippen LogP contribution in [0.4, 0.5) is 0 Å². The zero-order chi connectivity index (χ0) is 17.4. The molecule has 4 rings (SSSR count). The Morgan fingerprint density at radius 3 is 2.77 bits per heavy atom. The first kappa shape index (κ1) is 18.8. The van der Waals surface area contributed by atoms with Crippen LogP contribution in [0.3, 0.4) is 0 Å². The maximum atomic E-state index is 12.7. The molecular formula is C18H24ClN5O2. The molecule has 0 unspecified atom stereocenters. The number of halogens is 1. The van der Waals surface area contributed by atoms with Crippen LogP contribution in [0.2, 0.25) is 0 Å². The second-order valence-corrected chi connectivity index (χ2v) is 6.98. The van der Waals surface area contributed by atoms with Crippen molar-refractivity contribution in [2.75, 3.05) is 13.1 Å². The molecule has 0 spiro atoms. The second kappa shape index (κ2) is 7.73. The Labute approximate surface area is 158 Å². The number of rotatable bonds is 3. The van der Waals surface area contributed by atoms with E-state index in [-0.39, 0.29) is 30.4 Å². The van der Waals surface area contributed by atoms with Crippen molar-refractivity contribution in [1.82, 2.24) is 25.0 Å². The van der Waals surface area contributed by atoms with Gasteiger partial charge in [0.1, 0.15) is 5.82 Å². The number of hydrogen-bond donors (Lipinski definition) is 2. The molecule has 1 aromatic carbocycles. The van der Waals surface area contributed by atoms with Gasteiger partial charge in [0, 0.05) is 19.5 Å². The van der Waals surface area contributed by atoms with Gasteiger partial charge in [-0.3, -0.25) is 4.79 Å². The van der Waals surface area contributed by atoms with Crippen LogP contribution in [-0.4, -0.2) is 55.9 Å². The van der Waals surface area contributed by atoms with E-state index in [0.717, 1.165) is 18.1 Å². The number of nitrogens with zero attached hydrogens (tertiary/aromatic N) is 4. The van der Waals surface area contributed by atoms with E-state index >= 15 is 0 Å². The number of β-amino-alcohol motifs (C(OH)–C–C–N with tert-alkyl or cyclic N) is 1. The van der Waals surface area contributed by atoms with E-state index in [1.807, 2.05) is 23.1 Å². The molecule has 0 saturated carbocycles. The molecule has 0 aliphatic carbocycles. The molecule has 140 valence electrons. The Kier molecular flexibility index (Phi) is 5.60. The molecule has 0 bridgehead atoms. The fourth-order valence-corrected chi connectivity index (χ4v) is 3.81. The normalized spacial score (nSPS) is 24.8. The van der Waals surface area contributed by atoms with Crippen LogP contribution in [0.1, 0.15) is 36.6 Å². The minimum atomic E-state index is -0.433.